The predicted octanol–water partition coefficient (Wildman–Crippen LogP) is 12.6. The molecule has 0 saturated carbocycles. The number of hydrogen-bond acceptors (Lipinski definition) is 0. The molecular weight excluding hydrogens is 528 g/mol. The molecule has 0 nitrogen and oxygen atoms in total. The number of aryl methyl sites for hydroxylation is 4. The van der Waals surface area contributed by atoms with Crippen LogP contribution in [-0.4, -0.2) is 0 Å². The van der Waals surface area contributed by atoms with E-state index in [4.69, 9.17) is 0 Å². The zero-order valence-electron chi connectivity index (χ0n) is 27.7. The number of benzene rings is 4. The van der Waals surface area contributed by atoms with Crippen LogP contribution in [-0.2, 0) is 25.7 Å². The van der Waals surface area contributed by atoms with Crippen LogP contribution in [0.3, 0.4) is 0 Å². The van der Waals surface area contributed by atoms with Gasteiger partial charge in [-0.15, -0.1) is 0 Å². The highest BCUT2D eigenvalue weighted by atomic mass is 14.4. The van der Waals surface area contributed by atoms with Crippen molar-refractivity contribution in [1.82, 2.24) is 0 Å². The minimum absolute atomic E-state index is 1.15. The fraction of sp³-hybridized carbons (Fsp3) is 0.364. The maximum Gasteiger partial charge on any atom is -0.00139 e. The van der Waals surface area contributed by atoms with Crippen molar-refractivity contribution >= 4 is 22.3 Å². The van der Waals surface area contributed by atoms with Gasteiger partial charge in [-0.25, -0.2) is 0 Å². The van der Waals surface area contributed by atoms with Crippen molar-refractivity contribution < 1.29 is 0 Å². The molecule has 0 saturated heterocycles. The number of rotatable bonds is 16. The van der Waals surface area contributed by atoms with Gasteiger partial charge >= 0.3 is 0 Å². The van der Waals surface area contributed by atoms with E-state index in [0.29, 0.717) is 0 Å². The average molecular weight is 581 g/mol. The van der Waals surface area contributed by atoms with Gasteiger partial charge in [-0.3, -0.25) is 0 Å². The van der Waals surface area contributed by atoms with Crippen LogP contribution in [0.4, 0.5) is 0 Å². The highest BCUT2D eigenvalue weighted by Crippen LogP contribution is 2.56. The quantitative estimate of drug-likeness (QED) is 0.124. The lowest BCUT2D eigenvalue weighted by Gasteiger charge is -2.33. The first-order valence-electron chi connectivity index (χ1n) is 17.5. The normalized spacial score (nSPS) is 13.0. The Balaban J connectivity index is 1.63. The molecule has 228 valence electrons. The molecule has 44 heavy (non-hydrogen) atoms. The molecule has 0 aliphatic heterocycles. The highest BCUT2D eigenvalue weighted by molar-refractivity contribution is 6.43. The van der Waals surface area contributed by atoms with Gasteiger partial charge in [-0.05, 0) is 118 Å². The number of unbranched alkanes of at least 4 members (excludes halogenated alkanes) is 4. The number of hydrogen-bond donors (Lipinski definition) is 0. The Kier molecular flexibility index (Phi) is 11.5. The van der Waals surface area contributed by atoms with Crippen molar-refractivity contribution in [2.75, 3.05) is 0 Å². The molecule has 5 rings (SSSR count). The summed E-state index contributed by atoms with van der Waals surface area (Å²) in [5.74, 6) is 0. The van der Waals surface area contributed by atoms with E-state index in [1.807, 2.05) is 0 Å². The Morgan fingerprint density at radius 2 is 0.455 bits per heavy atom. The summed E-state index contributed by atoms with van der Waals surface area (Å²) in [6.07, 6.45) is 14.5. The lowest BCUT2D eigenvalue weighted by atomic mass is 9.69. The van der Waals surface area contributed by atoms with E-state index in [-0.39, 0.29) is 0 Å². The second kappa shape index (κ2) is 15.9. The zero-order chi connectivity index (χ0) is 30.7. The fourth-order valence-corrected chi connectivity index (χ4v) is 6.47. The van der Waals surface area contributed by atoms with Crippen LogP contribution in [0, 0.1) is 0 Å². The maximum absolute atomic E-state index is 2.37. The van der Waals surface area contributed by atoms with E-state index >= 15 is 0 Å². The van der Waals surface area contributed by atoms with Crippen molar-refractivity contribution in [1.29, 1.82) is 0 Å². The second-order valence-electron chi connectivity index (χ2n) is 12.7. The Hall–Kier alpha value is -3.64. The lowest BCUT2D eigenvalue weighted by molar-refractivity contribution is 0.795. The smallest absolute Gasteiger partial charge is 0.00139 e. The molecule has 0 amide bonds. The van der Waals surface area contributed by atoms with Crippen molar-refractivity contribution in [2.45, 2.75) is 105 Å². The minimum atomic E-state index is 1.15. The van der Waals surface area contributed by atoms with Gasteiger partial charge in [0.2, 0.25) is 0 Å². The van der Waals surface area contributed by atoms with Gasteiger partial charge in [-0.1, -0.05) is 150 Å². The first-order valence-corrected chi connectivity index (χ1v) is 17.5. The van der Waals surface area contributed by atoms with E-state index in [1.54, 1.807) is 0 Å². The molecule has 0 heteroatoms. The van der Waals surface area contributed by atoms with Crippen molar-refractivity contribution in [3.05, 3.63) is 142 Å². The SMILES string of the molecule is CCCCc1ccc(C2=C(c3ccc(CCCC)cc3)C(c3ccc(CCCC)cc3)=C2c2ccc(CCCC)cc2)cc1. The summed E-state index contributed by atoms with van der Waals surface area (Å²) in [6.45, 7) is 9.09. The standard InChI is InChI=1S/C44H52/c1-5-9-13-33-17-25-37(26-18-33)41-42(38-27-19-34(20-28-38)14-10-6-2)44(40-31-23-36(24-32-40)16-12-8-4)43(41)39-29-21-35(22-30-39)15-11-7-3/h17-32H,5-16H2,1-4H3. The molecule has 0 radical (unpaired) electrons. The molecule has 0 atom stereocenters. The molecule has 0 bridgehead atoms. The van der Waals surface area contributed by atoms with Crippen LogP contribution >= 0.6 is 0 Å². The van der Waals surface area contributed by atoms with E-state index in [9.17, 15) is 0 Å². The summed E-state index contributed by atoms with van der Waals surface area (Å²) in [4.78, 5) is 0. The third kappa shape index (κ3) is 7.52. The van der Waals surface area contributed by atoms with Crippen LogP contribution in [0.5, 0.6) is 0 Å². The van der Waals surface area contributed by atoms with Gasteiger partial charge in [0.15, 0.2) is 0 Å². The maximum atomic E-state index is 2.37. The molecule has 0 fully saturated rings. The number of allylic oxidation sites excluding steroid dienone is 4. The van der Waals surface area contributed by atoms with Crippen LogP contribution < -0.4 is 0 Å². The summed E-state index contributed by atoms with van der Waals surface area (Å²) in [6, 6.07) is 37.8. The third-order valence-electron chi connectivity index (χ3n) is 9.25. The third-order valence-corrected chi connectivity index (χ3v) is 9.25. The molecule has 0 heterocycles. The molecule has 0 spiro atoms. The van der Waals surface area contributed by atoms with Gasteiger partial charge in [-0.2, -0.15) is 0 Å². The van der Waals surface area contributed by atoms with Crippen LogP contribution in [0.15, 0.2) is 97.1 Å². The van der Waals surface area contributed by atoms with E-state index < -0.39 is 0 Å². The summed E-state index contributed by atoms with van der Waals surface area (Å²) >= 11 is 0. The van der Waals surface area contributed by atoms with Crippen LogP contribution in [0.2, 0.25) is 0 Å². The zero-order valence-corrected chi connectivity index (χ0v) is 27.7. The Morgan fingerprint density at radius 1 is 0.273 bits per heavy atom. The van der Waals surface area contributed by atoms with Gasteiger partial charge in [0.25, 0.3) is 0 Å². The summed E-state index contributed by atoms with van der Waals surface area (Å²) < 4.78 is 0. The van der Waals surface area contributed by atoms with Crippen LogP contribution in [0.25, 0.3) is 22.3 Å². The van der Waals surface area contributed by atoms with Gasteiger partial charge in [0.05, 0.1) is 0 Å². The van der Waals surface area contributed by atoms with E-state index in [1.165, 1.54) is 118 Å². The first-order chi connectivity index (χ1) is 21.7. The topological polar surface area (TPSA) is 0 Å². The van der Waals surface area contributed by atoms with Crippen molar-refractivity contribution in [3.63, 3.8) is 0 Å². The fourth-order valence-electron chi connectivity index (χ4n) is 6.47. The summed E-state index contributed by atoms with van der Waals surface area (Å²) in [5.41, 5.74) is 16.6. The molecule has 4 aromatic carbocycles. The molecule has 0 N–H and O–H groups in total. The Bertz CT molecular complexity index is 1270. The molecule has 0 unspecified atom stereocenters. The van der Waals surface area contributed by atoms with Gasteiger partial charge in [0, 0.05) is 0 Å². The Labute approximate surface area is 268 Å². The molecule has 1 aliphatic carbocycles. The van der Waals surface area contributed by atoms with E-state index in [2.05, 4.69) is 125 Å². The predicted molar refractivity (Wildman–Crippen MR) is 194 cm³/mol. The summed E-state index contributed by atoms with van der Waals surface area (Å²) in [5, 5.41) is 0. The monoisotopic (exact) mass is 580 g/mol. The van der Waals surface area contributed by atoms with Gasteiger partial charge in [0.1, 0.15) is 0 Å². The van der Waals surface area contributed by atoms with Crippen molar-refractivity contribution in [3.8, 4) is 0 Å². The largest absolute Gasteiger partial charge is 0.0654 e. The average Bonchev–Trinajstić information content (AvgIpc) is 3.06. The first kappa shape index (κ1) is 31.8. The highest BCUT2D eigenvalue weighted by Gasteiger charge is 2.33. The van der Waals surface area contributed by atoms with Crippen LogP contribution in [0.1, 0.15) is 124 Å². The molecule has 0 aromatic heterocycles. The lowest BCUT2D eigenvalue weighted by Crippen LogP contribution is -2.11. The molecule has 4 aromatic rings. The van der Waals surface area contributed by atoms with Crippen molar-refractivity contribution in [2.24, 2.45) is 0 Å². The molecular formula is C44H52. The summed E-state index contributed by atoms with van der Waals surface area (Å²) in [7, 11) is 0. The molecule has 1 aliphatic rings. The van der Waals surface area contributed by atoms with Gasteiger partial charge < -0.3 is 0 Å². The minimum Gasteiger partial charge on any atom is -0.0654 e. The second-order valence-corrected chi connectivity index (χ2v) is 12.7. The van der Waals surface area contributed by atoms with E-state index in [0.717, 1.165) is 25.7 Å². The Morgan fingerprint density at radius 3 is 0.614 bits per heavy atom.